The van der Waals surface area contributed by atoms with E-state index in [2.05, 4.69) is 43.4 Å². The zero-order valence-electron chi connectivity index (χ0n) is 41.9. The number of methoxy groups -OCH3 is 3. The number of ether oxygens (including phenoxy) is 9. The molecule has 0 aromatic heterocycles. The van der Waals surface area contributed by atoms with Gasteiger partial charge in [0, 0.05) is 52.1 Å². The molecule has 0 spiro atoms. The Morgan fingerprint density at radius 1 is 0.612 bits per heavy atom. The van der Waals surface area contributed by atoms with Gasteiger partial charge in [0.2, 0.25) is 0 Å². The van der Waals surface area contributed by atoms with Gasteiger partial charge in [-0.15, -0.1) is 0 Å². The van der Waals surface area contributed by atoms with Crippen LogP contribution in [0.2, 0.25) is 0 Å². The number of carbonyl (C=O) groups excluding carboxylic acids is 3. The summed E-state index contributed by atoms with van der Waals surface area (Å²) in [6.45, 7) is 30.7. The molecule has 2 aromatic rings. The summed E-state index contributed by atoms with van der Waals surface area (Å²) in [5.41, 5.74) is 2.26. The van der Waals surface area contributed by atoms with Gasteiger partial charge in [0.1, 0.15) is 19.8 Å². The molecule has 1 heterocycles. The fraction of sp³-hybridized carbons (Fsp3) is 0.611. The smallest absolute Gasteiger partial charge is 0.196 e. The summed E-state index contributed by atoms with van der Waals surface area (Å²) in [5.74, 6) is 1.79. The molecule has 3 rings (SSSR count). The first-order valence-electron chi connectivity index (χ1n) is 21.5. The minimum atomic E-state index is -0.309. The molecule has 1 fully saturated rings. The lowest BCUT2D eigenvalue weighted by atomic mass is 10.1. The first-order valence-corrected chi connectivity index (χ1v) is 21.5. The maximum Gasteiger partial charge on any atom is 0.196 e. The first kappa shape index (κ1) is 79.9. The topological polar surface area (TPSA) is 146 Å². The van der Waals surface area contributed by atoms with Gasteiger partial charge in [-0.3, -0.25) is 14.4 Å². The van der Waals surface area contributed by atoms with Crippen LogP contribution in [-0.4, -0.2) is 103 Å². The van der Waals surface area contributed by atoms with E-state index in [9.17, 15) is 14.4 Å². The fourth-order valence-electron chi connectivity index (χ4n) is 4.30. The van der Waals surface area contributed by atoms with Gasteiger partial charge in [0.25, 0.3) is 0 Å². The van der Waals surface area contributed by atoms with Crippen molar-refractivity contribution in [1.82, 2.24) is 5.32 Å². The van der Waals surface area contributed by atoms with Crippen LogP contribution in [-0.2, 0) is 70.2 Å². The number of hydrogen-bond donors (Lipinski definition) is 1. The van der Waals surface area contributed by atoms with E-state index < -0.39 is 0 Å². The molecule has 0 bridgehead atoms. The molecule has 1 N–H and O–H groups in total. The zero-order chi connectivity index (χ0) is 48.9. The second-order valence-corrected chi connectivity index (χ2v) is 14.0. The Balaban J connectivity index is -0.000000106. The monoisotopic (exact) mass is 956 g/mol. The van der Waals surface area contributed by atoms with Gasteiger partial charge in [0.15, 0.2) is 30.4 Å². The molecule has 0 atom stereocenters. The van der Waals surface area contributed by atoms with Crippen molar-refractivity contribution in [2.24, 2.45) is 0 Å². The minimum absolute atomic E-state index is 0. The number of hydrogen-bond acceptors (Lipinski definition) is 13. The molecule has 67 heavy (non-hydrogen) atoms. The van der Waals surface area contributed by atoms with E-state index in [-0.39, 0.29) is 58.9 Å². The molecule has 1 aliphatic rings. The number of benzene rings is 2. The third kappa shape index (κ3) is 61.8. The molecule has 1 aliphatic heterocycles. The van der Waals surface area contributed by atoms with Gasteiger partial charge < -0.3 is 47.9 Å². The van der Waals surface area contributed by atoms with Crippen molar-refractivity contribution in [2.75, 3.05) is 67.8 Å². The summed E-state index contributed by atoms with van der Waals surface area (Å²) in [7, 11) is 4.95. The van der Waals surface area contributed by atoms with Crippen LogP contribution >= 0.6 is 0 Å². The van der Waals surface area contributed by atoms with Crippen molar-refractivity contribution in [2.45, 2.75) is 158 Å². The Bertz CT molecular complexity index is 1460. The van der Waals surface area contributed by atoms with Gasteiger partial charge >= 0.3 is 0 Å². The van der Waals surface area contributed by atoms with Crippen LogP contribution in [0.5, 0.6) is 0 Å². The van der Waals surface area contributed by atoms with E-state index in [4.69, 9.17) is 42.6 Å². The molecule has 0 saturated carbocycles. The highest BCUT2D eigenvalue weighted by molar-refractivity contribution is 5.88. The van der Waals surface area contributed by atoms with Crippen molar-refractivity contribution in [3.63, 3.8) is 0 Å². The van der Waals surface area contributed by atoms with Crippen molar-refractivity contribution in [3.8, 4) is 0 Å². The van der Waals surface area contributed by atoms with Crippen LogP contribution in [0.3, 0.4) is 0 Å². The second kappa shape index (κ2) is 56.1. The Morgan fingerprint density at radius 3 is 1.36 bits per heavy atom. The van der Waals surface area contributed by atoms with Gasteiger partial charge in [-0.2, -0.15) is 0 Å². The van der Waals surface area contributed by atoms with Crippen LogP contribution < -0.4 is 5.32 Å². The average Bonchev–Trinajstić information content (AvgIpc) is 3.21. The molecule has 0 radical (unpaired) electrons. The fourth-order valence-corrected chi connectivity index (χ4v) is 4.30. The first-order chi connectivity index (χ1) is 29.9. The third-order valence-corrected chi connectivity index (χ3v) is 6.90. The van der Waals surface area contributed by atoms with E-state index in [0.717, 1.165) is 6.54 Å². The highest BCUT2D eigenvalue weighted by atomic mass is 16.9. The van der Waals surface area contributed by atoms with Crippen LogP contribution in [0.4, 0.5) is 0 Å². The van der Waals surface area contributed by atoms with E-state index in [1.165, 1.54) is 50.1 Å². The number of carbonyl (C=O) groups is 3. The Hall–Kier alpha value is -4.21. The van der Waals surface area contributed by atoms with Gasteiger partial charge in [-0.1, -0.05) is 132 Å². The molecule has 0 unspecified atom stereocenters. The zero-order valence-corrected chi connectivity index (χ0v) is 41.9. The van der Waals surface area contributed by atoms with Crippen molar-refractivity contribution in [3.05, 3.63) is 107 Å². The predicted octanol–water partition coefficient (Wildman–Crippen LogP) is 12.5. The quantitative estimate of drug-likeness (QED) is 0.0679. The van der Waals surface area contributed by atoms with Crippen LogP contribution in [0.25, 0.3) is 0 Å². The number of ketones is 3. The number of allylic oxidation sites excluding steroid dienone is 6. The largest absolute Gasteiger partial charge is 0.496 e. The summed E-state index contributed by atoms with van der Waals surface area (Å²) >= 11 is 0. The third-order valence-electron chi connectivity index (χ3n) is 6.90. The normalized spacial score (nSPS) is 11.4. The average molecular weight is 956 g/mol. The van der Waals surface area contributed by atoms with Crippen LogP contribution in [0.1, 0.15) is 138 Å². The lowest BCUT2D eigenvalue weighted by Gasteiger charge is -2.26. The second-order valence-electron chi connectivity index (χ2n) is 14.0. The highest BCUT2D eigenvalue weighted by Crippen LogP contribution is 2.10. The van der Waals surface area contributed by atoms with Crippen molar-refractivity contribution in [1.29, 1.82) is 0 Å². The van der Waals surface area contributed by atoms with Crippen LogP contribution in [0.15, 0.2) is 96.2 Å². The maximum absolute atomic E-state index is 10.7. The molecule has 2 aromatic carbocycles. The standard InChI is InChI=1S/C12H22O4.C10H15N.C8H12O4.C8H14O3.C8H10O.2C2H6.4CH4/c1-10(13)8-11(2)15-6-7-16-12(3,4)9-14-5;1-9(2)11-8-10-6-4-3-5-7-10;1-6(9)3-7(2)10-4-8-11-5-12-8;1-7(9)6-8(2)11-5-4-10-3;1-9-7-8-5-3-2-4-6-8;2*1-2;;;;/h8H,6-7,9H2,1-5H3;3-7,9,11H,8H2,1-2H3;3,8H,4-5H2,1-2H3;6H,4-5H2,1-3H3;2-6H,7H2,1H3;2*1-2H3;4*1H4/b11-8-;;7-3-;8-6-;;;;;;;. The summed E-state index contributed by atoms with van der Waals surface area (Å²) in [4.78, 5) is 31.8. The molecule has 0 amide bonds. The number of rotatable bonds is 22. The van der Waals surface area contributed by atoms with E-state index >= 15 is 0 Å². The molecule has 0 aliphatic carbocycles. The van der Waals surface area contributed by atoms with Crippen LogP contribution in [0, 0.1) is 0 Å². The minimum Gasteiger partial charge on any atom is -0.496 e. The lowest BCUT2D eigenvalue weighted by molar-refractivity contribution is -0.330. The molecular weight excluding hydrogens is 855 g/mol. The Labute approximate surface area is 411 Å². The van der Waals surface area contributed by atoms with E-state index in [1.54, 1.807) is 42.1 Å². The SMILES string of the molecule is C.C.C.C.CC.CC.CC(=O)/C=C(/C)OCC1OCO1.CC(C)NCc1ccccc1.COCC(C)(C)OCCO/C(C)=C\C(C)=O.COCCO/C(C)=C\C(C)=O.COCc1ccccc1. The molecule has 13 heteroatoms. The van der Waals surface area contributed by atoms with Gasteiger partial charge in [-0.05, 0) is 66.5 Å². The highest BCUT2D eigenvalue weighted by Gasteiger charge is 2.19. The Kier molecular flexibility index (Phi) is 66.9. The summed E-state index contributed by atoms with van der Waals surface area (Å²) in [6, 6.07) is 21.1. The molecular formula is C54H101NO12. The van der Waals surface area contributed by atoms with Gasteiger partial charge in [0.05, 0.1) is 49.3 Å². The molecule has 394 valence electrons. The van der Waals surface area contributed by atoms with Crippen molar-refractivity contribution >= 4 is 17.3 Å². The Morgan fingerprint density at radius 2 is 1.01 bits per heavy atom. The predicted molar refractivity (Wildman–Crippen MR) is 281 cm³/mol. The molecule has 13 nitrogen and oxygen atoms in total. The maximum atomic E-state index is 10.7. The van der Waals surface area contributed by atoms with E-state index in [1.807, 2.05) is 77.9 Å². The molecule has 1 saturated heterocycles. The van der Waals surface area contributed by atoms with E-state index in [0.29, 0.717) is 76.4 Å². The summed E-state index contributed by atoms with van der Waals surface area (Å²) in [5, 5.41) is 3.36. The summed E-state index contributed by atoms with van der Waals surface area (Å²) < 4.78 is 45.7. The van der Waals surface area contributed by atoms with Gasteiger partial charge in [-0.25, -0.2) is 0 Å². The lowest BCUT2D eigenvalue weighted by Crippen LogP contribution is -2.34. The summed E-state index contributed by atoms with van der Waals surface area (Å²) in [6.07, 6.45) is 4.08. The van der Waals surface area contributed by atoms with Crippen molar-refractivity contribution < 1.29 is 57.0 Å². The number of nitrogens with one attached hydrogen (secondary N) is 1.